The molecule has 0 heterocycles. The van der Waals surface area contributed by atoms with E-state index in [1.54, 1.807) is 38.1 Å². The minimum Gasteiger partial charge on any atom is -0.355 e. The largest absolute Gasteiger partial charge is 0.355 e. The fourth-order valence-electron chi connectivity index (χ4n) is 3.79. The maximum absolute atomic E-state index is 13.8. The van der Waals surface area contributed by atoms with E-state index >= 15 is 0 Å². The van der Waals surface area contributed by atoms with Gasteiger partial charge in [0.25, 0.3) is 10.0 Å². The number of halogens is 2. The number of likely N-dealkylation sites (N-methyl/N-ethyl adjacent to an activating group) is 1. The second kappa shape index (κ2) is 12.4. The fourth-order valence-corrected chi connectivity index (χ4v) is 5.69. The highest BCUT2D eigenvalue weighted by atomic mass is 35.5. The SMILES string of the molecule is CCNC(=O)C(C)N(Cc1ccccc1C)C(=O)CN(c1cccc(Cl)c1Cl)S(=O)(=O)c1ccccc1. The summed E-state index contributed by atoms with van der Waals surface area (Å²) >= 11 is 12.6. The molecule has 10 heteroatoms. The third-order valence-electron chi connectivity index (χ3n) is 5.93. The predicted octanol–water partition coefficient (Wildman–Crippen LogP) is 5.05. The van der Waals surface area contributed by atoms with E-state index in [1.165, 1.54) is 29.2 Å². The Kier molecular flexibility index (Phi) is 9.59. The lowest BCUT2D eigenvalue weighted by atomic mass is 10.1. The quantitative estimate of drug-likeness (QED) is 0.375. The molecule has 1 atom stereocenters. The summed E-state index contributed by atoms with van der Waals surface area (Å²) in [6.07, 6.45) is 0. The fraction of sp³-hybridized carbons (Fsp3) is 0.259. The normalized spacial score (nSPS) is 12.0. The first-order valence-electron chi connectivity index (χ1n) is 11.7. The van der Waals surface area contributed by atoms with Crippen LogP contribution in [0, 0.1) is 6.92 Å². The van der Waals surface area contributed by atoms with Gasteiger partial charge in [0.2, 0.25) is 11.8 Å². The summed E-state index contributed by atoms with van der Waals surface area (Å²) in [5.74, 6) is -0.916. The van der Waals surface area contributed by atoms with Gasteiger partial charge >= 0.3 is 0 Å². The summed E-state index contributed by atoms with van der Waals surface area (Å²) in [5.41, 5.74) is 1.84. The number of benzene rings is 3. The summed E-state index contributed by atoms with van der Waals surface area (Å²) in [7, 11) is -4.22. The smallest absolute Gasteiger partial charge is 0.264 e. The number of anilines is 1. The molecule has 3 aromatic rings. The molecule has 0 saturated carbocycles. The standard InChI is InChI=1S/C27H29Cl2N3O4S/c1-4-30-27(34)20(3)31(17-21-12-9-8-11-19(21)2)25(33)18-32(24-16-10-15-23(28)26(24)29)37(35,36)22-13-6-5-7-14-22/h5-16,20H,4,17-18H2,1-3H3,(H,30,34). The van der Waals surface area contributed by atoms with Crippen molar-refractivity contribution in [1.29, 1.82) is 0 Å². The highest BCUT2D eigenvalue weighted by molar-refractivity contribution is 7.92. The summed E-state index contributed by atoms with van der Waals surface area (Å²) in [4.78, 5) is 28.0. The minimum atomic E-state index is -4.22. The lowest BCUT2D eigenvalue weighted by Gasteiger charge is -2.32. The second-order valence-electron chi connectivity index (χ2n) is 8.42. The number of aryl methyl sites for hydroxylation is 1. The molecule has 1 unspecified atom stereocenters. The van der Waals surface area contributed by atoms with E-state index in [2.05, 4.69) is 5.32 Å². The van der Waals surface area contributed by atoms with Gasteiger partial charge in [-0.2, -0.15) is 0 Å². The summed E-state index contributed by atoms with van der Waals surface area (Å²) in [6.45, 7) is 5.23. The lowest BCUT2D eigenvalue weighted by Crippen LogP contribution is -2.51. The number of carbonyl (C=O) groups is 2. The first-order valence-corrected chi connectivity index (χ1v) is 13.9. The van der Waals surface area contributed by atoms with Gasteiger partial charge in [-0.15, -0.1) is 0 Å². The average Bonchev–Trinajstić information content (AvgIpc) is 2.88. The molecule has 0 fully saturated rings. The Balaban J connectivity index is 2.08. The van der Waals surface area contributed by atoms with Crippen LogP contribution < -0.4 is 9.62 Å². The molecular formula is C27H29Cl2N3O4S. The van der Waals surface area contributed by atoms with Crippen molar-refractivity contribution in [2.45, 2.75) is 38.3 Å². The van der Waals surface area contributed by atoms with E-state index in [0.717, 1.165) is 15.4 Å². The molecule has 3 aromatic carbocycles. The number of nitrogens with one attached hydrogen (secondary N) is 1. The van der Waals surface area contributed by atoms with Crippen LogP contribution in [0.3, 0.4) is 0 Å². The highest BCUT2D eigenvalue weighted by Gasteiger charge is 2.33. The van der Waals surface area contributed by atoms with Crippen LogP contribution in [0.2, 0.25) is 10.0 Å². The van der Waals surface area contributed by atoms with Gasteiger partial charge in [0, 0.05) is 13.1 Å². The number of hydrogen-bond donors (Lipinski definition) is 1. The van der Waals surface area contributed by atoms with Crippen molar-refractivity contribution in [2.24, 2.45) is 0 Å². The van der Waals surface area contributed by atoms with E-state index < -0.39 is 28.5 Å². The van der Waals surface area contributed by atoms with Crippen LogP contribution >= 0.6 is 23.2 Å². The van der Waals surface area contributed by atoms with Crippen molar-refractivity contribution in [3.8, 4) is 0 Å². The van der Waals surface area contributed by atoms with Crippen LogP contribution in [0.15, 0.2) is 77.7 Å². The Morgan fingerprint density at radius 3 is 2.24 bits per heavy atom. The number of hydrogen-bond acceptors (Lipinski definition) is 4. The minimum absolute atomic E-state index is 0.00120. The van der Waals surface area contributed by atoms with Crippen LogP contribution in [-0.2, 0) is 26.2 Å². The van der Waals surface area contributed by atoms with Gasteiger partial charge in [-0.05, 0) is 56.2 Å². The molecule has 196 valence electrons. The van der Waals surface area contributed by atoms with Crippen molar-refractivity contribution >= 4 is 50.7 Å². The van der Waals surface area contributed by atoms with Crippen molar-refractivity contribution in [3.63, 3.8) is 0 Å². The molecular weight excluding hydrogens is 533 g/mol. The number of sulfonamides is 1. The zero-order valence-corrected chi connectivity index (χ0v) is 23.1. The van der Waals surface area contributed by atoms with E-state index in [4.69, 9.17) is 23.2 Å². The molecule has 0 aliphatic rings. The zero-order valence-electron chi connectivity index (χ0n) is 20.8. The third-order valence-corrected chi connectivity index (χ3v) is 8.51. The Bertz CT molecular complexity index is 1370. The van der Waals surface area contributed by atoms with Gasteiger partial charge in [-0.25, -0.2) is 8.42 Å². The van der Waals surface area contributed by atoms with Gasteiger partial charge in [0.05, 0.1) is 20.6 Å². The number of carbonyl (C=O) groups excluding carboxylic acids is 2. The predicted molar refractivity (Wildman–Crippen MR) is 147 cm³/mol. The van der Waals surface area contributed by atoms with Gasteiger partial charge in [0.15, 0.2) is 0 Å². The summed E-state index contributed by atoms with van der Waals surface area (Å²) in [6, 6.07) is 19.0. The molecule has 3 rings (SSSR count). The first kappa shape index (κ1) is 28.5. The highest BCUT2D eigenvalue weighted by Crippen LogP contribution is 2.35. The van der Waals surface area contributed by atoms with Crippen molar-refractivity contribution < 1.29 is 18.0 Å². The first-order chi connectivity index (χ1) is 17.6. The van der Waals surface area contributed by atoms with Crippen LogP contribution in [0.5, 0.6) is 0 Å². The van der Waals surface area contributed by atoms with E-state index in [0.29, 0.717) is 6.54 Å². The van der Waals surface area contributed by atoms with Crippen molar-refractivity contribution in [3.05, 3.63) is 94.0 Å². The maximum Gasteiger partial charge on any atom is 0.264 e. The maximum atomic E-state index is 13.8. The third kappa shape index (κ3) is 6.63. The average molecular weight is 563 g/mol. The van der Waals surface area contributed by atoms with E-state index in [9.17, 15) is 18.0 Å². The monoisotopic (exact) mass is 561 g/mol. The van der Waals surface area contributed by atoms with Crippen molar-refractivity contribution in [1.82, 2.24) is 10.2 Å². The van der Waals surface area contributed by atoms with E-state index in [-0.39, 0.29) is 33.1 Å². The Morgan fingerprint density at radius 2 is 1.59 bits per heavy atom. The molecule has 1 N–H and O–H groups in total. The molecule has 0 radical (unpaired) electrons. The van der Waals surface area contributed by atoms with Gasteiger partial charge < -0.3 is 10.2 Å². The topological polar surface area (TPSA) is 86.8 Å². The molecule has 0 aliphatic carbocycles. The van der Waals surface area contributed by atoms with Crippen LogP contribution in [0.4, 0.5) is 5.69 Å². The summed E-state index contributed by atoms with van der Waals surface area (Å²) < 4.78 is 28.4. The number of rotatable bonds is 10. The van der Waals surface area contributed by atoms with E-state index in [1.807, 2.05) is 31.2 Å². The Hall–Kier alpha value is -3.07. The molecule has 2 amide bonds. The second-order valence-corrected chi connectivity index (χ2v) is 11.1. The molecule has 0 aliphatic heterocycles. The van der Waals surface area contributed by atoms with Crippen LogP contribution in [-0.4, -0.2) is 44.3 Å². The van der Waals surface area contributed by atoms with Crippen LogP contribution in [0.1, 0.15) is 25.0 Å². The molecule has 0 bridgehead atoms. The Morgan fingerprint density at radius 1 is 0.946 bits per heavy atom. The molecule has 37 heavy (non-hydrogen) atoms. The zero-order chi connectivity index (χ0) is 27.2. The molecule has 0 saturated heterocycles. The molecule has 7 nitrogen and oxygen atoms in total. The summed E-state index contributed by atoms with van der Waals surface area (Å²) in [5, 5.41) is 2.88. The molecule has 0 spiro atoms. The van der Waals surface area contributed by atoms with Crippen LogP contribution in [0.25, 0.3) is 0 Å². The number of amides is 2. The number of nitrogens with zero attached hydrogens (tertiary/aromatic N) is 2. The van der Waals surface area contributed by atoms with Gasteiger partial charge in [-0.1, -0.05) is 71.7 Å². The Labute approximate surface area is 228 Å². The van der Waals surface area contributed by atoms with Crippen molar-refractivity contribution in [2.75, 3.05) is 17.4 Å². The van der Waals surface area contributed by atoms with Gasteiger partial charge in [0.1, 0.15) is 12.6 Å². The lowest BCUT2D eigenvalue weighted by molar-refractivity contribution is -0.139. The van der Waals surface area contributed by atoms with Gasteiger partial charge in [-0.3, -0.25) is 13.9 Å². The molecule has 0 aromatic heterocycles.